The van der Waals surface area contributed by atoms with Gasteiger partial charge in [-0.3, -0.25) is 9.69 Å². The summed E-state index contributed by atoms with van der Waals surface area (Å²) >= 11 is 0. The van der Waals surface area contributed by atoms with Gasteiger partial charge < -0.3 is 15.8 Å². The first-order valence-electron chi connectivity index (χ1n) is 6.17. The summed E-state index contributed by atoms with van der Waals surface area (Å²) in [6.07, 6.45) is 0.0598. The van der Waals surface area contributed by atoms with Crippen LogP contribution in [-0.4, -0.2) is 31.1 Å². The molecule has 1 aromatic carbocycles. The number of rotatable bonds is 3. The first-order valence-corrected chi connectivity index (χ1v) is 6.17. The van der Waals surface area contributed by atoms with E-state index in [1.807, 2.05) is 31.2 Å². The summed E-state index contributed by atoms with van der Waals surface area (Å²) in [6, 6.07) is 7.12. The molecule has 102 valence electrons. The number of benzene rings is 1. The van der Waals surface area contributed by atoms with E-state index in [0.29, 0.717) is 12.3 Å². The highest BCUT2D eigenvalue weighted by molar-refractivity contribution is 5.94. The van der Waals surface area contributed by atoms with E-state index < -0.39 is 5.91 Å². The van der Waals surface area contributed by atoms with Gasteiger partial charge in [0.25, 0.3) is 0 Å². The normalized spacial score (nSPS) is 17.3. The average Bonchev–Trinajstić information content (AvgIpc) is 2.37. The molecule has 0 spiro atoms. The van der Waals surface area contributed by atoms with Crippen LogP contribution in [-0.2, 0) is 4.79 Å². The second kappa shape index (κ2) is 5.60. The van der Waals surface area contributed by atoms with Gasteiger partial charge in [0.1, 0.15) is 11.9 Å². The highest BCUT2D eigenvalue weighted by atomic mass is 16.5. The maximum absolute atomic E-state index is 12.1. The maximum atomic E-state index is 12.1. The number of fused-ring (bicyclic) bond motifs is 1. The molecule has 0 saturated heterocycles. The standard InChI is InChI=1S/C13H17N3O3/c1-9-8-16(13(18)15-7-6-12(14)17)10-4-2-3-5-11(10)19-9/h2-5,9H,6-8H2,1H3,(H2,14,17)(H,15,18)/t9-/m0/s1. The van der Waals surface area contributed by atoms with Crippen LogP contribution in [0.15, 0.2) is 24.3 Å². The SMILES string of the molecule is C[C@H]1CN(C(=O)NCCC(N)=O)c2ccccc2O1. The lowest BCUT2D eigenvalue weighted by atomic mass is 10.2. The van der Waals surface area contributed by atoms with E-state index in [4.69, 9.17) is 10.5 Å². The molecule has 6 heteroatoms. The van der Waals surface area contributed by atoms with Crippen LogP contribution in [0, 0.1) is 0 Å². The van der Waals surface area contributed by atoms with Crippen LogP contribution >= 0.6 is 0 Å². The molecule has 3 amide bonds. The van der Waals surface area contributed by atoms with Gasteiger partial charge in [0.05, 0.1) is 12.2 Å². The Morgan fingerprint density at radius 1 is 1.47 bits per heavy atom. The van der Waals surface area contributed by atoms with Gasteiger partial charge in [-0.25, -0.2) is 4.79 Å². The Labute approximate surface area is 111 Å². The molecule has 2 rings (SSSR count). The minimum Gasteiger partial charge on any atom is -0.487 e. The molecular formula is C13H17N3O3. The molecule has 0 bridgehead atoms. The van der Waals surface area contributed by atoms with Crippen molar-refractivity contribution in [2.75, 3.05) is 18.0 Å². The van der Waals surface area contributed by atoms with E-state index in [9.17, 15) is 9.59 Å². The summed E-state index contributed by atoms with van der Waals surface area (Å²) in [4.78, 5) is 24.4. The van der Waals surface area contributed by atoms with Crippen LogP contribution < -0.4 is 20.7 Å². The Hall–Kier alpha value is -2.24. The summed E-state index contributed by atoms with van der Waals surface area (Å²) < 4.78 is 5.66. The fourth-order valence-corrected chi connectivity index (χ4v) is 1.97. The van der Waals surface area contributed by atoms with Crippen molar-refractivity contribution in [1.29, 1.82) is 0 Å². The molecule has 1 aliphatic rings. The molecule has 19 heavy (non-hydrogen) atoms. The molecular weight excluding hydrogens is 246 g/mol. The fourth-order valence-electron chi connectivity index (χ4n) is 1.97. The Morgan fingerprint density at radius 2 is 2.21 bits per heavy atom. The van der Waals surface area contributed by atoms with Gasteiger partial charge in [0.15, 0.2) is 0 Å². The van der Waals surface area contributed by atoms with Gasteiger partial charge in [0, 0.05) is 13.0 Å². The summed E-state index contributed by atoms with van der Waals surface area (Å²) in [5, 5.41) is 2.68. The van der Waals surface area contributed by atoms with E-state index >= 15 is 0 Å². The molecule has 0 unspecified atom stereocenters. The van der Waals surface area contributed by atoms with Crippen molar-refractivity contribution >= 4 is 17.6 Å². The van der Waals surface area contributed by atoms with Gasteiger partial charge in [-0.2, -0.15) is 0 Å². The molecule has 6 nitrogen and oxygen atoms in total. The van der Waals surface area contributed by atoms with Crippen molar-refractivity contribution in [3.05, 3.63) is 24.3 Å². The number of hydrogen-bond donors (Lipinski definition) is 2. The number of anilines is 1. The van der Waals surface area contributed by atoms with Gasteiger partial charge in [-0.05, 0) is 19.1 Å². The fraction of sp³-hybridized carbons (Fsp3) is 0.385. The van der Waals surface area contributed by atoms with Crippen LogP contribution in [0.4, 0.5) is 10.5 Å². The molecule has 3 N–H and O–H groups in total. The number of hydrogen-bond acceptors (Lipinski definition) is 3. The van der Waals surface area contributed by atoms with Crippen molar-refractivity contribution in [2.24, 2.45) is 5.73 Å². The Bertz CT molecular complexity index is 490. The molecule has 1 aliphatic heterocycles. The van der Waals surface area contributed by atoms with Gasteiger partial charge in [0.2, 0.25) is 5.91 Å². The van der Waals surface area contributed by atoms with Crippen LogP contribution in [0.1, 0.15) is 13.3 Å². The summed E-state index contributed by atoms with van der Waals surface area (Å²) in [6.45, 7) is 2.61. The molecule has 1 atom stereocenters. The highest BCUT2D eigenvalue weighted by Crippen LogP contribution is 2.32. The number of nitrogens with one attached hydrogen (secondary N) is 1. The van der Waals surface area contributed by atoms with Crippen LogP contribution in [0.3, 0.4) is 0 Å². The van der Waals surface area contributed by atoms with Crippen molar-refractivity contribution in [3.8, 4) is 5.75 Å². The summed E-state index contributed by atoms with van der Waals surface area (Å²) in [5.41, 5.74) is 5.77. The van der Waals surface area contributed by atoms with Crippen LogP contribution in [0.25, 0.3) is 0 Å². The van der Waals surface area contributed by atoms with E-state index in [-0.39, 0.29) is 25.1 Å². The molecule has 1 aromatic rings. The molecule has 0 aliphatic carbocycles. The Balaban J connectivity index is 2.07. The predicted molar refractivity (Wildman–Crippen MR) is 71.1 cm³/mol. The zero-order valence-corrected chi connectivity index (χ0v) is 10.8. The van der Waals surface area contributed by atoms with E-state index in [0.717, 1.165) is 5.69 Å². The maximum Gasteiger partial charge on any atom is 0.322 e. The lowest BCUT2D eigenvalue weighted by Crippen LogP contribution is -2.47. The Kier molecular flexibility index (Phi) is 3.89. The largest absolute Gasteiger partial charge is 0.487 e. The molecule has 0 aromatic heterocycles. The van der Waals surface area contributed by atoms with Crippen molar-refractivity contribution in [2.45, 2.75) is 19.4 Å². The smallest absolute Gasteiger partial charge is 0.322 e. The first-order chi connectivity index (χ1) is 9.08. The number of para-hydroxylation sites is 2. The number of urea groups is 1. The lowest BCUT2D eigenvalue weighted by Gasteiger charge is -2.33. The van der Waals surface area contributed by atoms with Crippen LogP contribution in [0.5, 0.6) is 5.75 Å². The number of ether oxygens (including phenoxy) is 1. The predicted octanol–water partition coefficient (Wildman–Crippen LogP) is 0.859. The third kappa shape index (κ3) is 3.15. The third-order valence-corrected chi connectivity index (χ3v) is 2.82. The van der Waals surface area contributed by atoms with E-state index in [1.54, 1.807) is 4.90 Å². The lowest BCUT2D eigenvalue weighted by molar-refractivity contribution is -0.117. The monoisotopic (exact) mass is 263 g/mol. The zero-order valence-electron chi connectivity index (χ0n) is 10.8. The molecule has 1 heterocycles. The highest BCUT2D eigenvalue weighted by Gasteiger charge is 2.26. The molecule has 0 fully saturated rings. The molecule has 0 radical (unpaired) electrons. The topological polar surface area (TPSA) is 84.7 Å². The number of nitrogens with zero attached hydrogens (tertiary/aromatic N) is 1. The van der Waals surface area contributed by atoms with Gasteiger partial charge in [-0.15, -0.1) is 0 Å². The minimum absolute atomic E-state index is 0.0724. The number of nitrogens with two attached hydrogens (primary N) is 1. The van der Waals surface area contributed by atoms with E-state index in [1.165, 1.54) is 0 Å². The molecule has 0 saturated carbocycles. The third-order valence-electron chi connectivity index (χ3n) is 2.82. The van der Waals surface area contributed by atoms with Crippen molar-refractivity contribution < 1.29 is 14.3 Å². The number of primary amides is 1. The average molecular weight is 263 g/mol. The number of amides is 3. The second-order valence-electron chi connectivity index (χ2n) is 4.46. The summed E-state index contributed by atoms with van der Waals surface area (Å²) in [5.74, 6) is 0.252. The van der Waals surface area contributed by atoms with E-state index in [2.05, 4.69) is 5.32 Å². The van der Waals surface area contributed by atoms with Crippen molar-refractivity contribution in [1.82, 2.24) is 5.32 Å². The van der Waals surface area contributed by atoms with Crippen molar-refractivity contribution in [3.63, 3.8) is 0 Å². The minimum atomic E-state index is -0.434. The quantitative estimate of drug-likeness (QED) is 0.848. The number of carbonyl (C=O) groups is 2. The zero-order chi connectivity index (χ0) is 13.8. The van der Waals surface area contributed by atoms with Crippen LogP contribution in [0.2, 0.25) is 0 Å². The first kappa shape index (κ1) is 13.2. The Morgan fingerprint density at radius 3 is 2.95 bits per heavy atom. The summed E-state index contributed by atoms with van der Waals surface area (Å²) in [7, 11) is 0. The number of carbonyl (C=O) groups excluding carboxylic acids is 2. The van der Waals surface area contributed by atoms with Gasteiger partial charge >= 0.3 is 6.03 Å². The second-order valence-corrected chi connectivity index (χ2v) is 4.46. The van der Waals surface area contributed by atoms with Gasteiger partial charge in [-0.1, -0.05) is 12.1 Å².